The van der Waals surface area contributed by atoms with Crippen LogP contribution in [-0.2, 0) is 4.79 Å². The van der Waals surface area contributed by atoms with Gasteiger partial charge in [0.15, 0.2) is 0 Å². The molecule has 3 nitrogen and oxygen atoms in total. The molecule has 0 aromatic carbocycles. The summed E-state index contributed by atoms with van der Waals surface area (Å²) in [6.07, 6.45) is 7.42. The molecule has 100 valence electrons. The predicted octanol–water partition coefficient (Wildman–Crippen LogP) is 2.15. The first-order valence-electron chi connectivity index (χ1n) is 6.56. The van der Waals surface area contributed by atoms with Crippen LogP contribution in [0.25, 0.3) is 0 Å². The van der Waals surface area contributed by atoms with Gasteiger partial charge in [-0.25, -0.2) is 0 Å². The molecule has 1 amide bonds. The summed E-state index contributed by atoms with van der Waals surface area (Å²) in [6.45, 7) is 1.92. The van der Waals surface area contributed by atoms with E-state index in [9.17, 15) is 9.90 Å². The highest BCUT2D eigenvalue weighted by atomic mass is 35.5. The maximum absolute atomic E-state index is 11.8. The minimum absolute atomic E-state index is 0.0722. The van der Waals surface area contributed by atoms with Gasteiger partial charge in [-0.3, -0.25) is 4.79 Å². The van der Waals surface area contributed by atoms with Crippen LogP contribution in [0.1, 0.15) is 32.6 Å². The Hall–Kier alpha value is -0.800. The molecule has 1 aliphatic heterocycles. The lowest BCUT2D eigenvalue weighted by Gasteiger charge is -2.28. The zero-order valence-corrected chi connectivity index (χ0v) is 11.4. The quantitative estimate of drug-likeness (QED) is 0.607. The largest absolute Gasteiger partial charge is 0.390 e. The molecule has 0 spiro atoms. The van der Waals surface area contributed by atoms with Crippen molar-refractivity contribution < 1.29 is 9.90 Å². The summed E-state index contributed by atoms with van der Waals surface area (Å²) >= 11 is 5.70. The number of hydrogen-bond acceptors (Lipinski definition) is 2. The molecule has 0 saturated heterocycles. The van der Waals surface area contributed by atoms with Gasteiger partial charge in [0.25, 0.3) is 0 Å². The van der Waals surface area contributed by atoms with E-state index in [1.807, 2.05) is 6.92 Å². The van der Waals surface area contributed by atoms with Crippen LogP contribution < -0.4 is 5.32 Å². The van der Waals surface area contributed by atoms with Crippen LogP contribution in [0.2, 0.25) is 0 Å². The molecule has 4 heteroatoms. The van der Waals surface area contributed by atoms with Crippen molar-refractivity contribution in [3.8, 4) is 0 Å². The highest BCUT2D eigenvalue weighted by molar-refractivity contribution is 6.18. The Kier molecular flexibility index (Phi) is 4.46. The number of allylic oxidation sites excluding steroid dienone is 1. The summed E-state index contributed by atoms with van der Waals surface area (Å²) < 4.78 is 0. The SMILES string of the molecule is CC1=C(CCCl)C(=O)NC1C(O)C1C=CCCC1. The third-order valence-electron chi connectivity index (χ3n) is 3.92. The van der Waals surface area contributed by atoms with Crippen LogP contribution in [0.3, 0.4) is 0 Å². The van der Waals surface area contributed by atoms with E-state index in [-0.39, 0.29) is 17.9 Å². The third kappa shape index (κ3) is 2.62. The molecule has 3 atom stereocenters. The molecular formula is C14H20ClNO2. The van der Waals surface area contributed by atoms with E-state index in [1.54, 1.807) is 0 Å². The molecule has 0 radical (unpaired) electrons. The fraction of sp³-hybridized carbons (Fsp3) is 0.643. The van der Waals surface area contributed by atoms with Crippen molar-refractivity contribution in [3.63, 3.8) is 0 Å². The molecule has 18 heavy (non-hydrogen) atoms. The molecule has 2 aliphatic rings. The highest BCUT2D eigenvalue weighted by Gasteiger charge is 2.36. The second-order valence-corrected chi connectivity index (χ2v) is 5.44. The van der Waals surface area contributed by atoms with E-state index in [0.717, 1.165) is 30.4 Å². The summed E-state index contributed by atoms with van der Waals surface area (Å²) in [5.41, 5.74) is 1.70. The van der Waals surface area contributed by atoms with Gasteiger partial charge >= 0.3 is 0 Å². The standard InChI is InChI=1S/C14H20ClNO2/c1-9-11(7-8-15)14(18)16-12(9)13(17)10-5-3-2-4-6-10/h3,5,10,12-13,17H,2,4,6-8H2,1H3,(H,16,18). The zero-order chi connectivity index (χ0) is 13.1. The van der Waals surface area contributed by atoms with E-state index in [2.05, 4.69) is 17.5 Å². The van der Waals surface area contributed by atoms with Crippen LogP contribution in [0.4, 0.5) is 0 Å². The minimum Gasteiger partial charge on any atom is -0.390 e. The average Bonchev–Trinajstić information content (AvgIpc) is 2.67. The molecule has 0 fully saturated rings. The number of aliphatic hydroxyl groups is 1. The summed E-state index contributed by atoms with van der Waals surface area (Å²) in [6, 6.07) is -0.247. The zero-order valence-electron chi connectivity index (χ0n) is 10.7. The number of carbonyl (C=O) groups excluding carboxylic acids is 1. The molecule has 2 rings (SSSR count). The lowest BCUT2D eigenvalue weighted by atomic mass is 9.85. The smallest absolute Gasteiger partial charge is 0.247 e. The fourth-order valence-electron chi connectivity index (χ4n) is 2.82. The van der Waals surface area contributed by atoms with Gasteiger partial charge in [0.2, 0.25) is 5.91 Å². The van der Waals surface area contributed by atoms with Crippen LogP contribution in [0.5, 0.6) is 0 Å². The minimum atomic E-state index is -0.529. The Labute approximate surface area is 113 Å². The lowest BCUT2D eigenvalue weighted by Crippen LogP contribution is -2.43. The van der Waals surface area contributed by atoms with Gasteiger partial charge in [0.1, 0.15) is 0 Å². The monoisotopic (exact) mass is 269 g/mol. The van der Waals surface area contributed by atoms with Gasteiger partial charge in [0.05, 0.1) is 12.1 Å². The Bertz CT molecular complexity index is 389. The fourth-order valence-corrected chi connectivity index (χ4v) is 3.01. The van der Waals surface area contributed by atoms with Crippen molar-refractivity contribution in [2.24, 2.45) is 5.92 Å². The summed E-state index contributed by atoms with van der Waals surface area (Å²) in [4.78, 5) is 11.8. The topological polar surface area (TPSA) is 49.3 Å². The van der Waals surface area contributed by atoms with Gasteiger partial charge in [-0.05, 0) is 38.2 Å². The van der Waals surface area contributed by atoms with Crippen LogP contribution >= 0.6 is 11.6 Å². The molecule has 2 N–H and O–H groups in total. The van der Waals surface area contributed by atoms with Crippen LogP contribution in [0.15, 0.2) is 23.3 Å². The van der Waals surface area contributed by atoms with Gasteiger partial charge < -0.3 is 10.4 Å². The number of rotatable bonds is 4. The number of hydrogen-bond donors (Lipinski definition) is 2. The van der Waals surface area contributed by atoms with Crippen molar-refractivity contribution in [3.05, 3.63) is 23.3 Å². The molecule has 1 heterocycles. The third-order valence-corrected chi connectivity index (χ3v) is 4.11. The van der Waals surface area contributed by atoms with Crippen LogP contribution in [-0.4, -0.2) is 29.0 Å². The van der Waals surface area contributed by atoms with E-state index in [4.69, 9.17) is 11.6 Å². The normalized spacial score (nSPS) is 29.6. The van der Waals surface area contributed by atoms with E-state index < -0.39 is 6.10 Å². The van der Waals surface area contributed by atoms with Crippen molar-refractivity contribution in [2.45, 2.75) is 44.8 Å². The van der Waals surface area contributed by atoms with Crippen molar-refractivity contribution in [1.82, 2.24) is 5.32 Å². The van der Waals surface area contributed by atoms with Gasteiger partial charge in [0, 0.05) is 17.4 Å². The number of halogens is 1. The maximum atomic E-state index is 11.8. The van der Waals surface area contributed by atoms with Crippen molar-refractivity contribution >= 4 is 17.5 Å². The molecule has 0 bridgehead atoms. The molecule has 0 aromatic rings. The Morgan fingerprint density at radius 1 is 1.61 bits per heavy atom. The first kappa shape index (κ1) is 13.6. The number of nitrogens with one attached hydrogen (secondary N) is 1. The predicted molar refractivity (Wildman–Crippen MR) is 72.5 cm³/mol. The number of alkyl halides is 1. The Balaban J connectivity index is 2.12. The van der Waals surface area contributed by atoms with Gasteiger partial charge in [-0.15, -0.1) is 11.6 Å². The Morgan fingerprint density at radius 2 is 2.39 bits per heavy atom. The van der Waals surface area contributed by atoms with E-state index in [1.165, 1.54) is 0 Å². The number of carbonyl (C=O) groups is 1. The van der Waals surface area contributed by atoms with Crippen LogP contribution in [0, 0.1) is 5.92 Å². The number of amides is 1. The van der Waals surface area contributed by atoms with E-state index >= 15 is 0 Å². The second-order valence-electron chi connectivity index (χ2n) is 5.07. The maximum Gasteiger partial charge on any atom is 0.247 e. The first-order chi connectivity index (χ1) is 8.65. The molecule has 1 aliphatic carbocycles. The molecule has 0 aromatic heterocycles. The van der Waals surface area contributed by atoms with Crippen molar-refractivity contribution in [1.29, 1.82) is 0 Å². The summed E-state index contributed by atoms with van der Waals surface area (Å²) in [7, 11) is 0. The lowest BCUT2D eigenvalue weighted by molar-refractivity contribution is -0.117. The highest BCUT2D eigenvalue weighted by Crippen LogP contribution is 2.29. The van der Waals surface area contributed by atoms with Gasteiger partial charge in [-0.1, -0.05) is 12.2 Å². The molecule has 0 saturated carbocycles. The van der Waals surface area contributed by atoms with E-state index in [0.29, 0.717) is 12.3 Å². The Morgan fingerprint density at radius 3 is 3.00 bits per heavy atom. The summed E-state index contributed by atoms with van der Waals surface area (Å²) in [5.74, 6) is 0.512. The average molecular weight is 270 g/mol. The first-order valence-corrected chi connectivity index (χ1v) is 7.09. The molecular weight excluding hydrogens is 250 g/mol. The van der Waals surface area contributed by atoms with Gasteiger partial charge in [-0.2, -0.15) is 0 Å². The van der Waals surface area contributed by atoms with Crippen molar-refractivity contribution in [2.75, 3.05) is 5.88 Å². The summed E-state index contributed by atoms with van der Waals surface area (Å²) in [5, 5.41) is 13.3. The number of aliphatic hydroxyl groups excluding tert-OH is 1. The second kappa shape index (κ2) is 5.89. The molecule has 3 unspecified atom stereocenters.